The van der Waals surface area contributed by atoms with Crippen molar-refractivity contribution in [2.24, 2.45) is 5.84 Å². The van der Waals surface area contributed by atoms with Crippen LogP contribution in [-0.4, -0.2) is 28.0 Å². The fourth-order valence-electron chi connectivity index (χ4n) is 3.32. The fraction of sp³-hybridized carbons (Fsp3) is 0.389. The van der Waals surface area contributed by atoms with Crippen LogP contribution in [0.5, 0.6) is 0 Å². The van der Waals surface area contributed by atoms with E-state index in [1.807, 2.05) is 0 Å². The molecule has 3 rings (SSSR count). The molecule has 1 aliphatic rings. The summed E-state index contributed by atoms with van der Waals surface area (Å²) < 4.78 is 39.3. The number of rotatable bonds is 4. The molecule has 1 fully saturated rings. The molecule has 148 valence electrons. The number of benzene rings is 1. The minimum Gasteiger partial charge on any atom is -0.382 e. The van der Waals surface area contributed by atoms with E-state index >= 15 is 0 Å². The molecule has 0 unspecified atom stereocenters. The zero-order chi connectivity index (χ0) is 20.3. The molecular weight excluding hydrogens is 391 g/mol. The van der Waals surface area contributed by atoms with Crippen LogP contribution in [0.4, 0.5) is 18.9 Å². The lowest BCUT2D eigenvalue weighted by molar-refractivity contribution is -0.137. The lowest BCUT2D eigenvalue weighted by atomic mass is 9.90. The van der Waals surface area contributed by atoms with E-state index in [-0.39, 0.29) is 18.0 Å². The number of nitrogens with zero attached hydrogens (tertiary/aromatic N) is 3. The van der Waals surface area contributed by atoms with Gasteiger partial charge in [-0.05, 0) is 43.9 Å². The van der Waals surface area contributed by atoms with Crippen molar-refractivity contribution < 1.29 is 18.0 Å². The molecular formula is C18H18F3N5OS. The van der Waals surface area contributed by atoms with Crippen LogP contribution in [0.1, 0.15) is 47.3 Å². The number of nitrogens with one attached hydrogen (secondary N) is 1. The van der Waals surface area contributed by atoms with Gasteiger partial charge in [-0.2, -0.15) is 18.4 Å². The van der Waals surface area contributed by atoms with Crippen LogP contribution in [0, 0.1) is 11.3 Å². The van der Waals surface area contributed by atoms with Gasteiger partial charge in [0.15, 0.2) is 0 Å². The zero-order valence-electron chi connectivity index (χ0n) is 14.7. The number of halogens is 3. The van der Waals surface area contributed by atoms with E-state index in [1.54, 1.807) is 17.0 Å². The average Bonchev–Trinajstić information content (AvgIpc) is 3.21. The normalized spacial score (nSPS) is 19.7. The summed E-state index contributed by atoms with van der Waals surface area (Å²) in [6.07, 6.45) is -2.01. The Morgan fingerprint density at radius 3 is 2.61 bits per heavy atom. The van der Waals surface area contributed by atoms with Crippen molar-refractivity contribution in [1.82, 2.24) is 9.99 Å². The van der Waals surface area contributed by atoms with E-state index in [2.05, 4.69) is 10.3 Å². The van der Waals surface area contributed by atoms with Crippen molar-refractivity contribution in [2.45, 2.75) is 43.9 Å². The molecule has 3 N–H and O–H groups in total. The highest BCUT2D eigenvalue weighted by Gasteiger charge is 2.34. The van der Waals surface area contributed by atoms with Gasteiger partial charge in [-0.1, -0.05) is 0 Å². The second-order valence-electron chi connectivity index (χ2n) is 6.61. The molecule has 1 aromatic heterocycles. The number of hydrazine groups is 1. The molecule has 1 saturated carbocycles. The Kier molecular flexibility index (Phi) is 5.86. The van der Waals surface area contributed by atoms with Gasteiger partial charge in [0.1, 0.15) is 5.69 Å². The van der Waals surface area contributed by atoms with Gasteiger partial charge >= 0.3 is 6.18 Å². The summed E-state index contributed by atoms with van der Waals surface area (Å²) in [6.45, 7) is 0. The van der Waals surface area contributed by atoms with Gasteiger partial charge < -0.3 is 5.32 Å². The van der Waals surface area contributed by atoms with Gasteiger partial charge in [0.2, 0.25) is 0 Å². The average molecular weight is 409 g/mol. The van der Waals surface area contributed by atoms with Crippen LogP contribution in [0.15, 0.2) is 29.1 Å². The van der Waals surface area contributed by atoms with Gasteiger partial charge in [0.25, 0.3) is 5.91 Å². The quantitative estimate of drug-likeness (QED) is 0.455. The molecule has 0 saturated heterocycles. The van der Waals surface area contributed by atoms with Crippen LogP contribution in [0.2, 0.25) is 0 Å². The van der Waals surface area contributed by atoms with Crippen molar-refractivity contribution >= 4 is 22.9 Å². The third-order valence-electron chi connectivity index (χ3n) is 4.79. The number of hydrogen-bond donors (Lipinski definition) is 2. The van der Waals surface area contributed by atoms with Crippen LogP contribution in [0.25, 0.3) is 0 Å². The summed E-state index contributed by atoms with van der Waals surface area (Å²) in [5.41, 5.74) is 0.842. The SMILES string of the molecule is N#Cc1ccc(NC2CCC(N(N)C(=O)c3cscn3)CC2)cc1C(F)(F)F. The Hall–Kier alpha value is -2.64. The number of alkyl halides is 3. The van der Waals surface area contributed by atoms with Crippen LogP contribution in [0.3, 0.4) is 0 Å². The van der Waals surface area contributed by atoms with Crippen molar-refractivity contribution in [1.29, 1.82) is 5.26 Å². The van der Waals surface area contributed by atoms with E-state index in [4.69, 9.17) is 11.1 Å². The molecule has 0 aliphatic heterocycles. The third kappa shape index (κ3) is 4.43. The first-order valence-electron chi connectivity index (χ1n) is 8.64. The van der Waals surface area contributed by atoms with E-state index in [9.17, 15) is 18.0 Å². The summed E-state index contributed by atoms with van der Waals surface area (Å²) in [4.78, 5) is 16.2. The minimum atomic E-state index is -4.59. The Labute approximate surface area is 163 Å². The van der Waals surface area contributed by atoms with Crippen molar-refractivity contribution in [3.8, 4) is 6.07 Å². The number of nitrogens with two attached hydrogens (primary N) is 1. The molecule has 0 radical (unpaired) electrons. The topological polar surface area (TPSA) is 95.0 Å². The van der Waals surface area contributed by atoms with Gasteiger partial charge in [0, 0.05) is 23.2 Å². The number of nitriles is 1. The number of amides is 1. The number of carbonyl (C=O) groups excluding carboxylic acids is 1. The molecule has 0 spiro atoms. The summed E-state index contributed by atoms with van der Waals surface area (Å²) in [5.74, 6) is 5.62. The first-order chi connectivity index (χ1) is 13.3. The third-order valence-corrected chi connectivity index (χ3v) is 5.38. The molecule has 0 bridgehead atoms. The number of thiazole rings is 1. The molecule has 2 aromatic rings. The van der Waals surface area contributed by atoms with E-state index in [0.717, 1.165) is 6.07 Å². The predicted octanol–water partition coefficient (Wildman–Crippen LogP) is 3.77. The molecule has 1 aromatic carbocycles. The molecule has 28 heavy (non-hydrogen) atoms. The number of aromatic nitrogens is 1. The summed E-state index contributed by atoms with van der Waals surface area (Å²) in [7, 11) is 0. The zero-order valence-corrected chi connectivity index (χ0v) is 15.6. The number of hydrogen-bond acceptors (Lipinski definition) is 6. The van der Waals surface area contributed by atoms with E-state index in [0.29, 0.717) is 37.1 Å². The van der Waals surface area contributed by atoms with Crippen molar-refractivity contribution in [3.05, 3.63) is 45.9 Å². The lowest BCUT2D eigenvalue weighted by Gasteiger charge is -2.34. The summed E-state index contributed by atoms with van der Waals surface area (Å²) in [6, 6.07) is 5.00. The van der Waals surface area contributed by atoms with Crippen LogP contribution in [-0.2, 0) is 6.18 Å². The molecule has 6 nitrogen and oxygen atoms in total. The van der Waals surface area contributed by atoms with Gasteiger partial charge in [-0.25, -0.2) is 10.8 Å². The van der Waals surface area contributed by atoms with Crippen molar-refractivity contribution in [3.63, 3.8) is 0 Å². The first-order valence-corrected chi connectivity index (χ1v) is 9.58. The monoisotopic (exact) mass is 409 g/mol. The van der Waals surface area contributed by atoms with Crippen LogP contribution >= 0.6 is 11.3 Å². The maximum absolute atomic E-state index is 13.1. The van der Waals surface area contributed by atoms with Gasteiger partial charge in [-0.15, -0.1) is 11.3 Å². The molecule has 1 heterocycles. The van der Waals surface area contributed by atoms with E-state index in [1.165, 1.54) is 28.5 Å². The summed E-state index contributed by atoms with van der Waals surface area (Å²) >= 11 is 1.31. The molecule has 10 heteroatoms. The highest BCUT2D eigenvalue weighted by molar-refractivity contribution is 7.07. The van der Waals surface area contributed by atoms with Gasteiger partial charge in [0.05, 0.1) is 22.7 Å². The van der Waals surface area contributed by atoms with Gasteiger partial charge in [-0.3, -0.25) is 9.80 Å². The molecule has 1 aliphatic carbocycles. The maximum atomic E-state index is 13.1. The standard InChI is InChI=1S/C18H18F3N5OS/c19-18(20,21)15-7-13(2-1-11(15)8-22)25-12-3-5-14(6-4-12)26(23)17(27)16-9-28-10-24-16/h1-2,7,9-10,12,14,25H,3-6,23H2. The second-order valence-corrected chi connectivity index (χ2v) is 7.32. The fourth-order valence-corrected chi connectivity index (χ4v) is 3.84. The number of anilines is 1. The Balaban J connectivity index is 1.60. The lowest BCUT2D eigenvalue weighted by Crippen LogP contribution is -2.48. The predicted molar refractivity (Wildman–Crippen MR) is 98.3 cm³/mol. The highest BCUT2D eigenvalue weighted by atomic mass is 32.1. The Morgan fingerprint density at radius 1 is 1.32 bits per heavy atom. The maximum Gasteiger partial charge on any atom is 0.417 e. The first kappa shape index (κ1) is 20.1. The smallest absolute Gasteiger partial charge is 0.382 e. The number of carbonyl (C=O) groups is 1. The van der Waals surface area contributed by atoms with E-state index < -0.39 is 17.3 Å². The second kappa shape index (κ2) is 8.16. The molecule has 0 atom stereocenters. The Morgan fingerprint density at radius 2 is 2.04 bits per heavy atom. The molecule has 1 amide bonds. The highest BCUT2D eigenvalue weighted by Crippen LogP contribution is 2.34. The largest absolute Gasteiger partial charge is 0.417 e. The minimum absolute atomic E-state index is 0.0342. The van der Waals surface area contributed by atoms with Crippen LogP contribution < -0.4 is 11.2 Å². The van der Waals surface area contributed by atoms with Crippen molar-refractivity contribution in [2.75, 3.05) is 5.32 Å². The summed E-state index contributed by atoms with van der Waals surface area (Å²) in [5, 5.41) is 14.8. The Bertz CT molecular complexity index is 870.